The molecule has 2 atom stereocenters. The van der Waals surface area contributed by atoms with E-state index >= 15 is 0 Å². The molecule has 122 valence electrons. The van der Waals surface area contributed by atoms with Gasteiger partial charge in [0, 0.05) is 24.9 Å². The highest BCUT2D eigenvalue weighted by molar-refractivity contribution is 7.91. The molecular formula is C15H19F2NO3S. The quantitative estimate of drug-likeness (QED) is 0.847. The first kappa shape index (κ1) is 16.9. The molecule has 1 aromatic carbocycles. The van der Waals surface area contributed by atoms with E-state index in [-0.39, 0.29) is 12.0 Å². The van der Waals surface area contributed by atoms with E-state index in [1.165, 1.54) is 18.2 Å². The number of halogens is 2. The molecule has 0 aromatic heterocycles. The Balaban J connectivity index is 2.14. The topological polar surface area (TPSA) is 54.5 Å². The van der Waals surface area contributed by atoms with Gasteiger partial charge in [-0.1, -0.05) is 0 Å². The number of benzene rings is 1. The van der Waals surface area contributed by atoms with Crippen LogP contribution in [0.2, 0.25) is 0 Å². The van der Waals surface area contributed by atoms with Crippen molar-refractivity contribution in [1.29, 1.82) is 0 Å². The summed E-state index contributed by atoms with van der Waals surface area (Å²) in [4.78, 5) is 13.6. The van der Waals surface area contributed by atoms with Gasteiger partial charge in [-0.15, -0.1) is 0 Å². The highest BCUT2D eigenvalue weighted by Gasteiger charge is 2.38. The van der Waals surface area contributed by atoms with Crippen LogP contribution >= 0.6 is 0 Å². The SMILES string of the molecule is CN(C(=O)Cc1cc(F)ccc1F)[C@H]1CCC[C@@H]1S(C)(=O)=O. The largest absolute Gasteiger partial charge is 0.341 e. The molecule has 0 radical (unpaired) electrons. The van der Waals surface area contributed by atoms with Crippen LogP contribution in [0, 0.1) is 11.6 Å². The third-order valence-corrected chi connectivity index (χ3v) is 5.86. The van der Waals surface area contributed by atoms with Gasteiger partial charge >= 0.3 is 0 Å². The van der Waals surface area contributed by atoms with E-state index in [9.17, 15) is 22.0 Å². The average Bonchev–Trinajstić information content (AvgIpc) is 2.91. The van der Waals surface area contributed by atoms with Crippen LogP contribution in [-0.4, -0.2) is 43.8 Å². The lowest BCUT2D eigenvalue weighted by molar-refractivity contribution is -0.131. The van der Waals surface area contributed by atoms with Crippen LogP contribution in [-0.2, 0) is 21.1 Å². The molecule has 0 unspecified atom stereocenters. The van der Waals surface area contributed by atoms with Gasteiger partial charge in [0.2, 0.25) is 5.91 Å². The van der Waals surface area contributed by atoms with Gasteiger partial charge in [-0.3, -0.25) is 4.79 Å². The van der Waals surface area contributed by atoms with Crippen LogP contribution in [0.5, 0.6) is 0 Å². The number of nitrogens with zero attached hydrogens (tertiary/aromatic N) is 1. The third kappa shape index (κ3) is 3.63. The number of hydrogen-bond donors (Lipinski definition) is 0. The van der Waals surface area contributed by atoms with Crippen LogP contribution in [0.15, 0.2) is 18.2 Å². The zero-order valence-corrected chi connectivity index (χ0v) is 13.4. The Morgan fingerprint density at radius 3 is 2.64 bits per heavy atom. The number of likely N-dealkylation sites (N-methyl/N-ethyl adjacent to an activating group) is 1. The highest BCUT2D eigenvalue weighted by Crippen LogP contribution is 2.29. The summed E-state index contributed by atoms with van der Waals surface area (Å²) < 4.78 is 50.3. The summed E-state index contributed by atoms with van der Waals surface area (Å²) in [5.74, 6) is -1.67. The number of sulfone groups is 1. The molecule has 2 rings (SSSR count). The second kappa shape index (κ2) is 6.32. The minimum Gasteiger partial charge on any atom is -0.341 e. The lowest BCUT2D eigenvalue weighted by Gasteiger charge is -2.29. The molecule has 1 aliphatic carbocycles. The molecule has 0 heterocycles. The van der Waals surface area contributed by atoms with E-state index in [1.807, 2.05) is 0 Å². The fraction of sp³-hybridized carbons (Fsp3) is 0.533. The van der Waals surface area contributed by atoms with E-state index in [4.69, 9.17) is 0 Å². The number of hydrogen-bond acceptors (Lipinski definition) is 3. The summed E-state index contributed by atoms with van der Waals surface area (Å²) >= 11 is 0. The van der Waals surface area contributed by atoms with Crippen molar-refractivity contribution in [3.05, 3.63) is 35.4 Å². The van der Waals surface area contributed by atoms with Gasteiger partial charge in [-0.25, -0.2) is 17.2 Å². The van der Waals surface area contributed by atoms with Gasteiger partial charge in [-0.2, -0.15) is 0 Å². The highest BCUT2D eigenvalue weighted by atomic mass is 32.2. The minimum absolute atomic E-state index is 0.0225. The van der Waals surface area contributed by atoms with Crippen LogP contribution in [0.4, 0.5) is 8.78 Å². The maximum Gasteiger partial charge on any atom is 0.227 e. The number of carbonyl (C=O) groups excluding carboxylic acids is 1. The fourth-order valence-electron chi connectivity index (χ4n) is 3.00. The second-order valence-corrected chi connectivity index (χ2v) is 8.05. The summed E-state index contributed by atoms with van der Waals surface area (Å²) in [7, 11) is -1.72. The lowest BCUT2D eigenvalue weighted by Crippen LogP contribution is -2.45. The lowest BCUT2D eigenvalue weighted by atomic mass is 10.1. The van der Waals surface area contributed by atoms with E-state index in [2.05, 4.69) is 0 Å². The Labute approximate surface area is 129 Å². The Kier molecular flexibility index (Phi) is 4.84. The zero-order valence-electron chi connectivity index (χ0n) is 12.6. The van der Waals surface area contributed by atoms with E-state index in [0.29, 0.717) is 12.8 Å². The van der Waals surface area contributed by atoms with Crippen LogP contribution in [0.3, 0.4) is 0 Å². The first-order chi connectivity index (χ1) is 10.2. The molecular weight excluding hydrogens is 312 g/mol. The molecule has 1 aromatic rings. The van der Waals surface area contributed by atoms with Crippen LogP contribution in [0.1, 0.15) is 24.8 Å². The van der Waals surface area contributed by atoms with E-state index in [1.54, 1.807) is 0 Å². The Bertz CT molecular complexity index is 675. The molecule has 0 bridgehead atoms. The zero-order chi connectivity index (χ0) is 16.5. The smallest absolute Gasteiger partial charge is 0.227 e. The van der Waals surface area contributed by atoms with Crippen molar-refractivity contribution in [2.75, 3.05) is 13.3 Å². The molecule has 1 amide bonds. The molecule has 0 aliphatic heterocycles. The van der Waals surface area contributed by atoms with Crippen molar-refractivity contribution in [2.24, 2.45) is 0 Å². The number of rotatable bonds is 4. The monoisotopic (exact) mass is 331 g/mol. The molecule has 1 saturated carbocycles. The molecule has 1 aliphatic rings. The maximum atomic E-state index is 13.6. The molecule has 4 nitrogen and oxygen atoms in total. The minimum atomic E-state index is -3.25. The van der Waals surface area contributed by atoms with E-state index < -0.39 is 38.7 Å². The first-order valence-corrected chi connectivity index (χ1v) is 9.04. The van der Waals surface area contributed by atoms with Gasteiger partial charge < -0.3 is 4.90 Å². The molecule has 7 heteroatoms. The molecule has 0 spiro atoms. The Morgan fingerprint density at radius 1 is 1.32 bits per heavy atom. The molecule has 22 heavy (non-hydrogen) atoms. The second-order valence-electron chi connectivity index (χ2n) is 5.78. The van der Waals surface area contributed by atoms with Crippen molar-refractivity contribution in [1.82, 2.24) is 4.90 Å². The van der Waals surface area contributed by atoms with Crippen molar-refractivity contribution in [2.45, 2.75) is 37.0 Å². The predicted octanol–water partition coefficient (Wildman–Crippen LogP) is 1.93. The summed E-state index contributed by atoms with van der Waals surface area (Å²) in [6, 6.07) is 2.56. The number of amides is 1. The van der Waals surface area contributed by atoms with Crippen LogP contribution < -0.4 is 0 Å². The maximum absolute atomic E-state index is 13.6. The van der Waals surface area contributed by atoms with Gasteiger partial charge in [-0.05, 0) is 37.5 Å². The Hall–Kier alpha value is -1.50. The van der Waals surface area contributed by atoms with Crippen molar-refractivity contribution < 1.29 is 22.0 Å². The standard InChI is InChI=1S/C15H19F2NO3S/c1-18(13-4-3-5-14(13)22(2,20)21)15(19)9-10-8-11(16)6-7-12(10)17/h6-8,13-14H,3-5,9H2,1-2H3/t13-,14-/m0/s1. The average molecular weight is 331 g/mol. The summed E-state index contributed by atoms with van der Waals surface area (Å²) in [5, 5.41) is -0.584. The molecule has 0 saturated heterocycles. The fourth-order valence-corrected chi connectivity index (χ4v) is 4.48. The predicted molar refractivity (Wildman–Crippen MR) is 79.1 cm³/mol. The summed E-state index contributed by atoms with van der Waals surface area (Å²) in [6.07, 6.45) is 2.74. The van der Waals surface area contributed by atoms with Crippen LogP contribution in [0.25, 0.3) is 0 Å². The van der Waals surface area contributed by atoms with Gasteiger partial charge in [0.15, 0.2) is 9.84 Å². The van der Waals surface area contributed by atoms with Crippen molar-refractivity contribution >= 4 is 15.7 Å². The first-order valence-electron chi connectivity index (χ1n) is 7.08. The van der Waals surface area contributed by atoms with E-state index in [0.717, 1.165) is 24.6 Å². The molecule has 1 fully saturated rings. The van der Waals surface area contributed by atoms with Gasteiger partial charge in [0.05, 0.1) is 11.7 Å². The Morgan fingerprint density at radius 2 is 2.00 bits per heavy atom. The van der Waals surface area contributed by atoms with Gasteiger partial charge in [0.25, 0.3) is 0 Å². The van der Waals surface area contributed by atoms with Gasteiger partial charge in [0.1, 0.15) is 11.6 Å². The third-order valence-electron chi connectivity index (χ3n) is 4.21. The number of carbonyl (C=O) groups is 1. The van der Waals surface area contributed by atoms with Crippen molar-refractivity contribution in [3.63, 3.8) is 0 Å². The van der Waals surface area contributed by atoms with Crippen molar-refractivity contribution in [3.8, 4) is 0 Å². The molecule has 0 N–H and O–H groups in total. The normalized spacial score (nSPS) is 21.8. The summed E-state index contributed by atoms with van der Waals surface area (Å²) in [6.45, 7) is 0. The summed E-state index contributed by atoms with van der Waals surface area (Å²) in [5.41, 5.74) is -0.0225.